The first kappa shape index (κ1) is 25.2. The fraction of sp³-hybridized carbons (Fsp3) is 0.353. The molecule has 200 valence electrons. The molecule has 1 aliphatic heterocycles. The summed E-state index contributed by atoms with van der Waals surface area (Å²) >= 11 is 1.42. The quantitative estimate of drug-likeness (QED) is 0.338. The molecule has 40 heavy (non-hydrogen) atoms. The van der Waals surface area contributed by atoms with Crippen LogP contribution in [0.3, 0.4) is 0 Å². The van der Waals surface area contributed by atoms with Gasteiger partial charge in [-0.3, -0.25) is 14.4 Å². The van der Waals surface area contributed by atoms with Gasteiger partial charge in [0.25, 0.3) is 0 Å². The van der Waals surface area contributed by atoms with E-state index in [0.717, 1.165) is 58.4 Å². The molecule has 2 bridgehead atoms. The third-order valence-electron chi connectivity index (χ3n) is 10.0. The molecule has 2 aromatic carbocycles. The van der Waals surface area contributed by atoms with Gasteiger partial charge in [-0.25, -0.2) is 4.90 Å². The Bertz CT molecular complexity index is 1580. The number of aryl methyl sites for hydroxylation is 1. The Kier molecular flexibility index (Phi) is 5.56. The lowest BCUT2D eigenvalue weighted by molar-refractivity contribution is -0.134. The van der Waals surface area contributed by atoms with Gasteiger partial charge in [-0.15, -0.1) is 11.3 Å². The van der Waals surface area contributed by atoms with Crippen LogP contribution in [0.25, 0.3) is 11.1 Å². The molecule has 1 aromatic heterocycles. The minimum Gasteiger partial charge on any atom is -0.298 e. The van der Waals surface area contributed by atoms with E-state index in [4.69, 9.17) is 0 Å². The molecule has 2 heterocycles. The van der Waals surface area contributed by atoms with E-state index in [9.17, 15) is 19.6 Å². The van der Waals surface area contributed by atoms with E-state index in [1.54, 1.807) is 0 Å². The van der Waals surface area contributed by atoms with E-state index in [1.807, 2.05) is 74.5 Å². The number of benzene rings is 2. The summed E-state index contributed by atoms with van der Waals surface area (Å²) in [6.45, 7) is 3.95. The highest BCUT2D eigenvalue weighted by molar-refractivity contribution is 7.17. The van der Waals surface area contributed by atoms with Gasteiger partial charge in [-0.05, 0) is 66.4 Å². The summed E-state index contributed by atoms with van der Waals surface area (Å²) < 4.78 is 0. The van der Waals surface area contributed by atoms with Crippen molar-refractivity contribution in [2.24, 2.45) is 22.7 Å². The Balaban J connectivity index is 1.50. The zero-order valence-corrected chi connectivity index (χ0v) is 23.5. The maximum atomic E-state index is 14.9. The summed E-state index contributed by atoms with van der Waals surface area (Å²) in [7, 11) is 0. The number of Topliss-reactive ketones (excluding diaryl/α,β-unsaturated/α-hetero) is 1. The third kappa shape index (κ3) is 2.84. The molecule has 7 rings (SSSR count). The number of carbonyl (C=O) groups excluding carboxylic acids is 3. The first-order valence-electron chi connectivity index (χ1n) is 14.3. The second-order valence-corrected chi connectivity index (χ2v) is 12.5. The van der Waals surface area contributed by atoms with E-state index in [2.05, 4.69) is 6.07 Å². The van der Waals surface area contributed by atoms with Gasteiger partial charge >= 0.3 is 0 Å². The number of fused-ring (bicyclic) bond motifs is 6. The van der Waals surface area contributed by atoms with E-state index in [-0.39, 0.29) is 17.6 Å². The number of anilines is 1. The van der Waals surface area contributed by atoms with Crippen LogP contribution in [0.5, 0.6) is 0 Å². The van der Waals surface area contributed by atoms with Crippen LogP contribution in [0.15, 0.2) is 60.7 Å². The van der Waals surface area contributed by atoms with Crippen molar-refractivity contribution in [1.29, 1.82) is 5.26 Å². The highest BCUT2D eigenvalue weighted by Gasteiger charge is 2.80. The fourth-order valence-corrected chi connectivity index (χ4v) is 9.83. The van der Waals surface area contributed by atoms with Gasteiger partial charge in [0.2, 0.25) is 11.8 Å². The van der Waals surface area contributed by atoms with Crippen molar-refractivity contribution >= 4 is 45.1 Å². The Labute approximate surface area is 238 Å². The number of hydrogen-bond donors (Lipinski definition) is 0. The minimum atomic E-state index is -1.11. The molecule has 4 atom stereocenters. The number of nitrogens with zero attached hydrogens (tertiary/aromatic N) is 2. The van der Waals surface area contributed by atoms with Gasteiger partial charge in [-0.2, -0.15) is 5.26 Å². The monoisotopic (exact) mass is 546 g/mol. The average molecular weight is 547 g/mol. The Morgan fingerprint density at radius 2 is 1.32 bits per heavy atom. The molecule has 2 fully saturated rings. The zero-order valence-electron chi connectivity index (χ0n) is 22.7. The summed E-state index contributed by atoms with van der Waals surface area (Å²) in [6.07, 6.45) is 4.56. The number of imide groups is 1. The van der Waals surface area contributed by atoms with Crippen molar-refractivity contribution in [1.82, 2.24) is 0 Å². The lowest BCUT2D eigenvalue weighted by Crippen LogP contribution is -2.41. The largest absolute Gasteiger partial charge is 0.298 e. The summed E-state index contributed by atoms with van der Waals surface area (Å²) in [5.74, 6) is -2.21. The Hall–Kier alpha value is -3.82. The molecular weight excluding hydrogens is 516 g/mol. The number of carbonyl (C=O) groups is 3. The van der Waals surface area contributed by atoms with Crippen LogP contribution < -0.4 is 4.90 Å². The smallest absolute Gasteiger partial charge is 0.239 e. The molecule has 1 saturated heterocycles. The molecule has 4 aliphatic rings. The van der Waals surface area contributed by atoms with Crippen LogP contribution in [-0.2, 0) is 27.2 Å². The van der Waals surface area contributed by atoms with Gasteiger partial charge in [0.15, 0.2) is 5.78 Å². The van der Waals surface area contributed by atoms with Crippen molar-refractivity contribution in [2.45, 2.75) is 52.4 Å². The molecule has 0 N–H and O–H groups in total. The minimum absolute atomic E-state index is 0.00466. The van der Waals surface area contributed by atoms with Crippen molar-refractivity contribution in [3.63, 3.8) is 0 Å². The molecule has 0 radical (unpaired) electrons. The van der Waals surface area contributed by atoms with Crippen LogP contribution in [-0.4, -0.2) is 17.6 Å². The van der Waals surface area contributed by atoms with Crippen molar-refractivity contribution in [3.8, 4) is 6.07 Å². The molecule has 5 nitrogen and oxygen atoms in total. The van der Waals surface area contributed by atoms with Gasteiger partial charge in [-0.1, -0.05) is 74.5 Å². The van der Waals surface area contributed by atoms with Crippen molar-refractivity contribution in [3.05, 3.63) is 87.8 Å². The lowest BCUT2D eigenvalue weighted by atomic mass is 9.60. The lowest BCUT2D eigenvalue weighted by Gasteiger charge is -2.38. The second kappa shape index (κ2) is 8.84. The molecule has 4 unspecified atom stereocenters. The SMILES string of the molecule is CCC12C(=O)C(CC)(C(c3ccccc3)=C1c1ccccc1)C1C(=O)N(c3sc4c(c3C#N)CCCC4)C(=O)C12. The number of amides is 2. The van der Waals surface area contributed by atoms with Crippen LogP contribution in [0, 0.1) is 34.0 Å². The Morgan fingerprint density at radius 3 is 1.80 bits per heavy atom. The van der Waals surface area contributed by atoms with E-state index in [1.165, 1.54) is 16.2 Å². The van der Waals surface area contributed by atoms with Gasteiger partial charge in [0, 0.05) is 4.88 Å². The molecular formula is C34H30N2O3S. The summed E-state index contributed by atoms with van der Waals surface area (Å²) in [5, 5.41) is 10.6. The molecule has 2 amide bonds. The first-order valence-corrected chi connectivity index (χ1v) is 15.1. The van der Waals surface area contributed by atoms with Gasteiger partial charge < -0.3 is 0 Å². The molecule has 0 spiro atoms. The van der Waals surface area contributed by atoms with Crippen LogP contribution in [0.2, 0.25) is 0 Å². The van der Waals surface area contributed by atoms with Crippen molar-refractivity contribution < 1.29 is 14.4 Å². The first-order chi connectivity index (χ1) is 19.5. The van der Waals surface area contributed by atoms with Crippen LogP contribution in [0.4, 0.5) is 5.00 Å². The predicted molar refractivity (Wildman–Crippen MR) is 155 cm³/mol. The van der Waals surface area contributed by atoms with Crippen LogP contribution in [0.1, 0.15) is 66.7 Å². The maximum absolute atomic E-state index is 14.9. The molecule has 6 heteroatoms. The highest BCUT2D eigenvalue weighted by atomic mass is 32.1. The highest BCUT2D eigenvalue weighted by Crippen LogP contribution is 2.76. The number of thiophene rings is 1. The Morgan fingerprint density at radius 1 is 0.825 bits per heavy atom. The molecule has 3 aromatic rings. The maximum Gasteiger partial charge on any atom is 0.239 e. The molecule has 3 aliphatic carbocycles. The number of nitriles is 1. The van der Waals surface area contributed by atoms with E-state index < -0.39 is 22.7 Å². The summed E-state index contributed by atoms with van der Waals surface area (Å²) in [4.78, 5) is 46.4. The van der Waals surface area contributed by atoms with Crippen LogP contribution >= 0.6 is 11.3 Å². The summed E-state index contributed by atoms with van der Waals surface area (Å²) in [5.41, 5.74) is 2.87. The topological polar surface area (TPSA) is 78.2 Å². The number of allylic oxidation sites excluding steroid dienone is 2. The van der Waals surface area contributed by atoms with E-state index >= 15 is 0 Å². The van der Waals surface area contributed by atoms with Crippen molar-refractivity contribution in [2.75, 3.05) is 4.90 Å². The number of rotatable bonds is 5. The zero-order chi connectivity index (χ0) is 27.8. The number of hydrogen-bond acceptors (Lipinski definition) is 5. The van der Waals surface area contributed by atoms with Gasteiger partial charge in [0.05, 0.1) is 28.2 Å². The number of ketones is 1. The fourth-order valence-electron chi connectivity index (χ4n) is 8.48. The summed E-state index contributed by atoms with van der Waals surface area (Å²) in [6, 6.07) is 22.2. The second-order valence-electron chi connectivity index (χ2n) is 11.4. The normalized spacial score (nSPS) is 28.7. The average Bonchev–Trinajstić information content (AvgIpc) is 3.64. The molecule has 1 saturated carbocycles. The third-order valence-corrected chi connectivity index (χ3v) is 11.3. The van der Waals surface area contributed by atoms with E-state index in [0.29, 0.717) is 23.4 Å². The predicted octanol–water partition coefficient (Wildman–Crippen LogP) is 6.60. The van der Waals surface area contributed by atoms with Gasteiger partial charge in [0.1, 0.15) is 11.1 Å². The standard InChI is InChI=1S/C34H30N2O3S/c1-3-33-25(20-13-7-5-8-14-20)26(21-15-9-6-10-16-21)34(4-2,32(33)39)28-27(33)29(37)36(30(28)38)31-23(19-35)22-17-11-12-18-24(22)40-31/h5-10,13-16,27-28H,3-4,11-12,17-18H2,1-2H3.